The number of sulfonamides is 1. The van der Waals surface area contributed by atoms with E-state index in [2.05, 4.69) is 5.32 Å². The molecule has 3 rings (SSSR count). The molecule has 1 amide bonds. The second-order valence-corrected chi connectivity index (χ2v) is 10.8. The highest BCUT2D eigenvalue weighted by atomic mass is 35.5. The van der Waals surface area contributed by atoms with Crippen molar-refractivity contribution in [2.75, 3.05) is 39.0 Å². The van der Waals surface area contributed by atoms with Crippen molar-refractivity contribution in [3.8, 4) is 23.0 Å². The number of anilines is 1. The lowest BCUT2D eigenvalue weighted by Gasteiger charge is -2.26. The number of carbonyl (C=O) groups excluding carboxylic acids is 1. The monoisotopic (exact) mass is 562 g/mol. The van der Waals surface area contributed by atoms with Gasteiger partial charge in [-0.3, -0.25) is 9.10 Å². The molecule has 38 heavy (non-hydrogen) atoms. The summed E-state index contributed by atoms with van der Waals surface area (Å²) in [5, 5.41) is 3.46. The molecule has 0 saturated carbocycles. The zero-order chi connectivity index (χ0) is 28.0. The average Bonchev–Trinajstić information content (AvgIpc) is 2.90. The topological polar surface area (TPSA) is 103 Å². The number of rotatable bonds is 11. The number of nitrogens with zero attached hydrogens (tertiary/aromatic N) is 1. The second kappa shape index (κ2) is 12.3. The van der Waals surface area contributed by atoms with Crippen LogP contribution in [0.5, 0.6) is 23.0 Å². The van der Waals surface area contributed by atoms with E-state index >= 15 is 0 Å². The minimum absolute atomic E-state index is 0.0308. The van der Waals surface area contributed by atoms with Crippen LogP contribution < -0.4 is 28.6 Å². The molecule has 1 unspecified atom stereocenters. The van der Waals surface area contributed by atoms with Crippen molar-refractivity contribution in [1.82, 2.24) is 5.32 Å². The molecule has 0 aliphatic rings. The maximum absolute atomic E-state index is 13.6. The number of amides is 1. The molecule has 0 saturated heterocycles. The highest BCUT2D eigenvalue weighted by Crippen LogP contribution is 2.37. The summed E-state index contributed by atoms with van der Waals surface area (Å²) in [6.07, 6.45) is 1.08. The Kier molecular flexibility index (Phi) is 9.35. The standard InChI is InChI=1S/C27H31ClN2O7S/c1-17(19-9-12-23(34-2)24(13-19)35-3)29-27(31)21-14-25(36-4)26(37-5)15-22(21)30(38(6,32)33)16-18-7-10-20(28)11-8-18/h7-15,17H,16H2,1-6H3,(H,29,31). The average molecular weight is 563 g/mol. The van der Waals surface area contributed by atoms with Crippen molar-refractivity contribution < 1.29 is 32.2 Å². The van der Waals surface area contributed by atoms with Crippen molar-refractivity contribution in [2.24, 2.45) is 0 Å². The first-order valence-corrected chi connectivity index (χ1v) is 13.8. The Labute approximate surface area is 228 Å². The summed E-state index contributed by atoms with van der Waals surface area (Å²) in [6.45, 7) is 1.78. The third-order valence-corrected chi connectivity index (χ3v) is 7.29. The normalized spacial score (nSPS) is 11.9. The second-order valence-electron chi connectivity index (χ2n) is 8.43. The molecule has 9 nitrogen and oxygen atoms in total. The molecule has 1 atom stereocenters. The van der Waals surface area contributed by atoms with E-state index in [0.717, 1.165) is 16.1 Å². The van der Waals surface area contributed by atoms with Crippen LogP contribution >= 0.6 is 11.6 Å². The zero-order valence-corrected chi connectivity index (χ0v) is 23.6. The molecule has 1 N–H and O–H groups in total. The number of hydrogen-bond donors (Lipinski definition) is 1. The Morgan fingerprint density at radius 1 is 0.868 bits per heavy atom. The highest BCUT2D eigenvalue weighted by molar-refractivity contribution is 7.92. The van der Waals surface area contributed by atoms with E-state index in [1.807, 2.05) is 13.0 Å². The Balaban J connectivity index is 2.06. The molecule has 0 spiro atoms. The summed E-state index contributed by atoms with van der Waals surface area (Å²) in [6, 6.07) is 14.6. The van der Waals surface area contributed by atoms with E-state index < -0.39 is 22.0 Å². The number of benzene rings is 3. The van der Waals surface area contributed by atoms with E-state index in [4.69, 9.17) is 30.5 Å². The minimum Gasteiger partial charge on any atom is -0.493 e. The van der Waals surface area contributed by atoms with Gasteiger partial charge in [0.05, 0.1) is 58.5 Å². The third-order valence-electron chi connectivity index (χ3n) is 5.91. The number of methoxy groups -OCH3 is 4. The van der Waals surface area contributed by atoms with Gasteiger partial charge in [0.25, 0.3) is 5.91 Å². The number of hydrogen-bond acceptors (Lipinski definition) is 7. The Bertz CT molecular complexity index is 1400. The molecular formula is C27H31ClN2O7S. The largest absolute Gasteiger partial charge is 0.493 e. The van der Waals surface area contributed by atoms with Crippen molar-refractivity contribution in [3.63, 3.8) is 0 Å². The van der Waals surface area contributed by atoms with Crippen LogP contribution in [0.25, 0.3) is 0 Å². The number of nitrogens with one attached hydrogen (secondary N) is 1. The molecule has 0 radical (unpaired) electrons. The maximum Gasteiger partial charge on any atom is 0.254 e. The first-order valence-electron chi connectivity index (χ1n) is 11.5. The van der Waals surface area contributed by atoms with Gasteiger partial charge >= 0.3 is 0 Å². The predicted octanol–water partition coefficient (Wildman–Crippen LogP) is 4.83. The molecule has 0 aliphatic heterocycles. The van der Waals surface area contributed by atoms with Gasteiger partial charge in [-0.2, -0.15) is 0 Å². The summed E-state index contributed by atoms with van der Waals surface area (Å²) >= 11 is 6.00. The molecule has 0 heterocycles. The zero-order valence-electron chi connectivity index (χ0n) is 22.1. The van der Waals surface area contributed by atoms with E-state index in [1.54, 1.807) is 43.5 Å². The van der Waals surface area contributed by atoms with E-state index in [9.17, 15) is 13.2 Å². The quantitative estimate of drug-likeness (QED) is 0.357. The summed E-state index contributed by atoms with van der Waals surface area (Å²) in [7, 11) is 2.11. The van der Waals surface area contributed by atoms with Gasteiger partial charge in [-0.15, -0.1) is 0 Å². The molecule has 11 heteroatoms. The van der Waals surface area contributed by atoms with E-state index in [0.29, 0.717) is 22.1 Å². The Morgan fingerprint density at radius 3 is 1.97 bits per heavy atom. The van der Waals surface area contributed by atoms with Crippen molar-refractivity contribution in [3.05, 3.63) is 76.3 Å². The molecule has 0 bridgehead atoms. The van der Waals surface area contributed by atoms with Gasteiger partial charge in [0.15, 0.2) is 23.0 Å². The van der Waals surface area contributed by atoms with Crippen LogP contribution in [0.4, 0.5) is 5.69 Å². The first-order chi connectivity index (χ1) is 18.0. The van der Waals surface area contributed by atoms with Gasteiger partial charge in [-0.05, 0) is 48.4 Å². The van der Waals surface area contributed by atoms with Crippen LogP contribution in [0.2, 0.25) is 5.02 Å². The Morgan fingerprint density at radius 2 is 1.42 bits per heavy atom. The lowest BCUT2D eigenvalue weighted by atomic mass is 10.1. The molecule has 3 aromatic rings. The lowest BCUT2D eigenvalue weighted by Crippen LogP contribution is -2.33. The molecule has 0 fully saturated rings. The summed E-state index contributed by atoms with van der Waals surface area (Å²) < 4.78 is 48.6. The maximum atomic E-state index is 13.6. The third kappa shape index (κ3) is 6.62. The Hall–Kier alpha value is -3.63. The van der Waals surface area contributed by atoms with Gasteiger partial charge in [-0.1, -0.05) is 29.8 Å². The molecule has 0 aliphatic carbocycles. The minimum atomic E-state index is -3.83. The fourth-order valence-electron chi connectivity index (χ4n) is 3.87. The molecule has 3 aromatic carbocycles. The van der Waals surface area contributed by atoms with Gasteiger partial charge in [0.2, 0.25) is 10.0 Å². The first kappa shape index (κ1) is 28.9. The van der Waals surface area contributed by atoms with Crippen molar-refractivity contribution in [2.45, 2.75) is 19.5 Å². The highest BCUT2D eigenvalue weighted by Gasteiger charge is 2.27. The van der Waals surface area contributed by atoms with Crippen LogP contribution in [0.15, 0.2) is 54.6 Å². The van der Waals surface area contributed by atoms with Crippen molar-refractivity contribution in [1.29, 1.82) is 0 Å². The molecule has 204 valence electrons. The van der Waals surface area contributed by atoms with Crippen LogP contribution in [0.3, 0.4) is 0 Å². The molecule has 0 aromatic heterocycles. The van der Waals surface area contributed by atoms with Gasteiger partial charge in [0, 0.05) is 11.1 Å². The summed E-state index contributed by atoms with van der Waals surface area (Å²) in [5.74, 6) is 1.12. The van der Waals surface area contributed by atoms with Crippen LogP contribution in [0, 0.1) is 0 Å². The smallest absolute Gasteiger partial charge is 0.254 e. The predicted molar refractivity (Wildman–Crippen MR) is 147 cm³/mol. The van der Waals surface area contributed by atoms with Crippen LogP contribution in [-0.4, -0.2) is 49.0 Å². The fraction of sp³-hybridized carbons (Fsp3) is 0.296. The van der Waals surface area contributed by atoms with Gasteiger partial charge in [0.1, 0.15) is 0 Å². The molecular weight excluding hydrogens is 532 g/mol. The van der Waals surface area contributed by atoms with Crippen LogP contribution in [-0.2, 0) is 16.6 Å². The van der Waals surface area contributed by atoms with Crippen molar-refractivity contribution >= 4 is 33.2 Å². The van der Waals surface area contributed by atoms with E-state index in [1.165, 1.54) is 33.5 Å². The SMILES string of the molecule is COc1ccc(C(C)NC(=O)c2cc(OC)c(OC)cc2N(Cc2ccc(Cl)cc2)S(C)(=O)=O)cc1OC. The number of carbonyl (C=O) groups is 1. The fourth-order valence-corrected chi connectivity index (χ4v) is 4.89. The summed E-state index contributed by atoms with van der Waals surface area (Å²) in [4.78, 5) is 13.6. The number of halogens is 1. The number of ether oxygens (including phenoxy) is 4. The summed E-state index contributed by atoms with van der Waals surface area (Å²) in [5.41, 5.74) is 1.67. The van der Waals surface area contributed by atoms with Gasteiger partial charge < -0.3 is 24.3 Å². The van der Waals surface area contributed by atoms with Gasteiger partial charge in [-0.25, -0.2) is 8.42 Å². The van der Waals surface area contributed by atoms with E-state index in [-0.39, 0.29) is 29.3 Å². The van der Waals surface area contributed by atoms with Crippen LogP contribution in [0.1, 0.15) is 34.5 Å². The lowest BCUT2D eigenvalue weighted by molar-refractivity contribution is 0.0940.